The van der Waals surface area contributed by atoms with Gasteiger partial charge < -0.3 is 20.8 Å². The molecule has 20 rings (SSSR count). The molecule has 0 bridgehead atoms. The van der Waals surface area contributed by atoms with Crippen LogP contribution >= 0.6 is 0 Å². The van der Waals surface area contributed by atoms with E-state index in [-0.39, 0.29) is 44.7 Å². The minimum Gasteiger partial charge on any atom is -0.871 e. The third-order valence-electron chi connectivity index (χ3n) is 23.9. The molecule has 4 aliphatic heterocycles. The van der Waals surface area contributed by atoms with Crippen molar-refractivity contribution in [2.45, 2.75) is 139 Å². The van der Waals surface area contributed by atoms with E-state index in [1.807, 2.05) is 6.07 Å². The third-order valence-corrected chi connectivity index (χ3v) is 23.9. The van der Waals surface area contributed by atoms with Gasteiger partial charge in [-0.2, -0.15) is 0 Å². The largest absolute Gasteiger partial charge is 0.871 e. The Morgan fingerprint density at radius 3 is 1.69 bits per heavy atom. The van der Waals surface area contributed by atoms with Gasteiger partial charge in [0.25, 0.3) is 0 Å². The molecule has 8 nitrogen and oxygen atoms in total. The molecular weight excluding hydrogens is 1100 g/mol. The van der Waals surface area contributed by atoms with Crippen LogP contribution in [0.15, 0.2) is 218 Å². The number of benzene rings is 8. The molecule has 4 atom stereocenters. The number of aliphatic imine (C=N–C) groups is 1. The zero-order valence-electron chi connectivity index (χ0n) is 51.4. The fourth-order valence-electron chi connectivity index (χ4n) is 19.4. The van der Waals surface area contributed by atoms with E-state index in [4.69, 9.17) is 4.99 Å². The molecule has 0 saturated heterocycles. The molecule has 440 valence electrons. The number of ketones is 2. The summed E-state index contributed by atoms with van der Waals surface area (Å²) in [5, 5.41) is 38.7. The number of para-hydroxylation sites is 2. The van der Waals surface area contributed by atoms with Gasteiger partial charge in [-0.05, 0) is 218 Å². The molecule has 0 radical (unpaired) electrons. The zero-order chi connectivity index (χ0) is 60.5. The van der Waals surface area contributed by atoms with Crippen LogP contribution in [0.1, 0.15) is 140 Å². The lowest BCUT2D eigenvalue weighted by atomic mass is 9.64. The first-order chi connectivity index (χ1) is 43.8. The average molecular weight is 1170 g/mol. The number of rotatable bonds is 2. The molecule has 4 heterocycles. The summed E-state index contributed by atoms with van der Waals surface area (Å²) in [5.41, 5.74) is 28.7. The number of carbonyl (C=O) groups excluding carboxylic acids is 2. The summed E-state index contributed by atoms with van der Waals surface area (Å²) in [6.07, 6.45) is 13.1. The predicted octanol–water partition coefficient (Wildman–Crippen LogP) is 16.7. The van der Waals surface area contributed by atoms with Crippen molar-refractivity contribution in [2.75, 3.05) is 10.6 Å². The summed E-state index contributed by atoms with van der Waals surface area (Å²) >= 11 is 0. The lowest BCUT2D eigenvalue weighted by molar-refractivity contribution is -0.349. The van der Waals surface area contributed by atoms with Crippen LogP contribution < -0.4 is 20.7 Å². The van der Waals surface area contributed by atoms with Crippen molar-refractivity contribution in [3.63, 3.8) is 0 Å². The van der Waals surface area contributed by atoms with Gasteiger partial charge in [0.1, 0.15) is 5.76 Å². The van der Waals surface area contributed by atoms with E-state index in [9.17, 15) is 19.8 Å². The maximum atomic E-state index is 14.6. The molecular formula is C82H68N4O4. The molecule has 0 spiro atoms. The Labute approximate surface area is 524 Å². The normalized spacial score (nSPS) is 27.3. The van der Waals surface area contributed by atoms with Crippen LogP contribution in [-0.4, -0.2) is 28.1 Å². The van der Waals surface area contributed by atoms with Crippen LogP contribution in [0, 0.1) is 0 Å². The minimum atomic E-state index is -0.300. The first-order valence-corrected chi connectivity index (χ1v) is 33.1. The monoisotopic (exact) mass is 1170 g/mol. The highest BCUT2D eigenvalue weighted by atomic mass is 16.3. The fourth-order valence-corrected chi connectivity index (χ4v) is 19.4. The van der Waals surface area contributed by atoms with Gasteiger partial charge in [0.05, 0.1) is 39.0 Å². The molecule has 8 aromatic carbocycles. The lowest BCUT2D eigenvalue weighted by Gasteiger charge is -2.40. The lowest BCUT2D eigenvalue weighted by Crippen LogP contribution is -2.67. The molecule has 0 aromatic heterocycles. The molecule has 0 amide bonds. The number of aliphatic hydroxyl groups is 1. The van der Waals surface area contributed by atoms with E-state index in [0.717, 1.165) is 158 Å². The van der Waals surface area contributed by atoms with Crippen LogP contribution in [0.25, 0.3) is 66.1 Å². The summed E-state index contributed by atoms with van der Waals surface area (Å²) < 4.78 is 0. The molecule has 8 heteroatoms. The number of Topliss-reactive ketones (excluding diaryl/α,β-unsaturated/α-hetero) is 2. The quantitative estimate of drug-likeness (QED) is 0.128. The second kappa shape index (κ2) is 18.2. The van der Waals surface area contributed by atoms with E-state index >= 15 is 0 Å². The number of anilines is 2. The summed E-state index contributed by atoms with van der Waals surface area (Å²) in [7, 11) is 0. The van der Waals surface area contributed by atoms with Gasteiger partial charge in [-0.1, -0.05) is 134 Å². The second-order valence-electron chi connectivity index (χ2n) is 28.5. The number of aliphatic hydroxyl groups excluding tert-OH is 1. The highest BCUT2D eigenvalue weighted by Crippen LogP contribution is 2.61. The summed E-state index contributed by atoms with van der Waals surface area (Å²) in [6.45, 7) is 9.18. The Kier molecular flexibility index (Phi) is 10.6. The number of fused-ring (bicyclic) bond motifs is 20. The van der Waals surface area contributed by atoms with Crippen molar-refractivity contribution in [1.29, 1.82) is 0 Å². The van der Waals surface area contributed by atoms with Crippen LogP contribution in [0.4, 0.5) is 22.7 Å². The number of hydrogen-bond acceptors (Lipinski definition) is 7. The van der Waals surface area contributed by atoms with Crippen molar-refractivity contribution >= 4 is 67.3 Å². The van der Waals surface area contributed by atoms with E-state index < -0.39 is 0 Å². The van der Waals surface area contributed by atoms with Crippen molar-refractivity contribution in [2.24, 2.45) is 4.99 Å². The van der Waals surface area contributed by atoms with Gasteiger partial charge >= 0.3 is 0 Å². The summed E-state index contributed by atoms with van der Waals surface area (Å²) in [6, 6.07) is 52.3. The van der Waals surface area contributed by atoms with Crippen molar-refractivity contribution in [1.82, 2.24) is 0 Å². The molecule has 2 fully saturated rings. The van der Waals surface area contributed by atoms with Gasteiger partial charge in [-0.25, -0.2) is 4.99 Å². The topological polar surface area (TPSA) is 128 Å². The van der Waals surface area contributed by atoms with Crippen LogP contribution in [0.5, 0.6) is 0 Å². The fraction of sp³-hybridized carbons (Fsp3) is 0.268. The maximum absolute atomic E-state index is 14.6. The molecule has 90 heavy (non-hydrogen) atoms. The molecule has 4 N–H and O–H groups in total. The number of nitrogens with one attached hydrogen (secondary N) is 3. The minimum absolute atomic E-state index is 0.00471. The van der Waals surface area contributed by atoms with Crippen molar-refractivity contribution in [3.05, 3.63) is 235 Å². The maximum Gasteiger partial charge on any atom is 0.216 e. The van der Waals surface area contributed by atoms with E-state index in [2.05, 4.69) is 183 Å². The molecule has 8 aliphatic carbocycles. The average Bonchev–Trinajstić information content (AvgIpc) is 1.56. The van der Waals surface area contributed by atoms with E-state index in [1.54, 1.807) is 0 Å². The van der Waals surface area contributed by atoms with Gasteiger partial charge in [0.15, 0.2) is 11.5 Å². The summed E-state index contributed by atoms with van der Waals surface area (Å²) in [5.74, 6) is 0.0388. The highest BCUT2D eigenvalue weighted by molar-refractivity contribution is 6.29. The Bertz CT molecular complexity index is 5090. The van der Waals surface area contributed by atoms with Crippen molar-refractivity contribution in [3.8, 4) is 44.5 Å². The number of hydrogen-bond donors (Lipinski definition) is 4. The Balaban J connectivity index is 0.000000141. The Morgan fingerprint density at radius 2 is 0.978 bits per heavy atom. The zero-order valence-corrected chi connectivity index (χ0v) is 51.4. The second-order valence-corrected chi connectivity index (χ2v) is 28.5. The van der Waals surface area contributed by atoms with Crippen LogP contribution in [0.2, 0.25) is 0 Å². The molecule has 8 aromatic rings. The highest BCUT2D eigenvalue weighted by Gasteiger charge is 2.55. The number of carbonyl (C=O) groups is 2. The summed E-state index contributed by atoms with van der Waals surface area (Å²) in [4.78, 5) is 37.5. The number of nitrogens with zero attached hydrogens (tertiary/aromatic N) is 1. The van der Waals surface area contributed by atoms with Gasteiger partial charge in [-0.15, -0.1) is 0 Å². The molecule has 2 saturated carbocycles. The standard InChI is InChI=1S/C50H36N2O2.C32H32N2O2/c1-49-21-9-19-33(47(49)51-43-31-17-7-15-29-25-11-3-5-13-27(25)35(39(29)31)23-37(43)49)41-45(53)42(46(41)54)34-20-10-22-50(2)38-24-36-28-14-6-4-12-26(28)30-16-8-18-32(40(30)36)44(38)52-48(34)50;1-31-17-9-7-11-19(29(31)33-23-15-5-3-13-21(23)31)25-27(35)26(28(25)36)20-12-8-10-18-32(2)22-14-4-6-16-24(22)34-30(20)32/h3-8,11-18,23-24,51,53H,9-10,19-22H2,1-2H3;3-6,13-16,33,35H,7-12,17-18H2,1-2H3. The Morgan fingerprint density at radius 1 is 0.456 bits per heavy atom. The van der Waals surface area contributed by atoms with Crippen LogP contribution in [0.3, 0.4) is 0 Å². The van der Waals surface area contributed by atoms with Gasteiger partial charge in [-0.3, -0.25) is 14.6 Å². The predicted molar refractivity (Wildman–Crippen MR) is 358 cm³/mol. The van der Waals surface area contributed by atoms with E-state index in [1.165, 1.54) is 88.3 Å². The molecule has 12 aliphatic rings. The third kappa shape index (κ3) is 6.56. The number of allylic oxidation sites excluding steroid dienone is 10. The van der Waals surface area contributed by atoms with E-state index in [0.29, 0.717) is 22.3 Å². The van der Waals surface area contributed by atoms with Gasteiger partial charge in [0.2, 0.25) is 11.5 Å². The SMILES string of the molecule is CC12CCCC(C3=C([O-])C(=C4CCCC5(C)C4=[NH+]c4c5cc5c6c(cccc46)-c4ccccc4-5)C3=O)=C1Nc1c2cc2c3c(cccc13)-c1ccccc1-2.CC12CCCCC(=C3C(=O)C(C4=C5Nc6ccccc6C5(C)CCCC4)=C3O)C1=Nc1ccccc12. The first-order valence-electron chi connectivity index (χ1n) is 33.1. The van der Waals surface area contributed by atoms with Gasteiger partial charge in [0, 0.05) is 66.4 Å². The smallest absolute Gasteiger partial charge is 0.216 e. The van der Waals surface area contributed by atoms with Crippen LogP contribution in [-0.2, 0) is 31.2 Å². The van der Waals surface area contributed by atoms with Crippen molar-refractivity contribution < 1.29 is 24.8 Å². The first kappa shape index (κ1) is 52.5. The molecule has 4 unspecified atom stereocenters. The Hall–Kier alpha value is -9.40.